The molecule has 0 spiro atoms. The van der Waals surface area contributed by atoms with Gasteiger partial charge in [-0.2, -0.15) is 9.78 Å². The first-order valence-corrected chi connectivity index (χ1v) is 9.59. The Labute approximate surface area is 147 Å². The maximum Gasteiger partial charge on any atom is 0.233 e. The third-order valence-electron chi connectivity index (χ3n) is 4.32. The average Bonchev–Trinajstić information content (AvgIpc) is 2.63. The van der Waals surface area contributed by atoms with Gasteiger partial charge in [0.15, 0.2) is 0 Å². The lowest BCUT2D eigenvalue weighted by Gasteiger charge is -2.35. The summed E-state index contributed by atoms with van der Waals surface area (Å²) in [6.07, 6.45) is 9.23. The Bertz CT molecular complexity index is 241. The molecule has 2 N–H and O–H groups in total. The van der Waals surface area contributed by atoms with Gasteiger partial charge in [-0.05, 0) is 25.7 Å². The van der Waals surface area contributed by atoms with Crippen molar-refractivity contribution in [2.24, 2.45) is 0 Å². The van der Waals surface area contributed by atoms with Crippen LogP contribution in [0.1, 0.15) is 105 Å². The number of rotatable bonds is 17. The molecule has 146 valence electrons. The molecule has 0 unspecified atom stereocenters. The molecule has 0 aromatic carbocycles. The largest absolute Gasteiger partial charge is 0.249 e. The summed E-state index contributed by atoms with van der Waals surface area (Å²) in [4.78, 5) is 20.6. The van der Waals surface area contributed by atoms with E-state index in [1.54, 1.807) is 0 Å². The molecule has 0 radical (unpaired) electrons. The SMILES string of the molecule is CCCCC(CCCC)(OO)OOC(CCCC)(CCCC)OO. The van der Waals surface area contributed by atoms with Gasteiger partial charge in [0.1, 0.15) is 0 Å². The molecule has 24 heavy (non-hydrogen) atoms. The summed E-state index contributed by atoms with van der Waals surface area (Å²) in [5.41, 5.74) is 0. The Morgan fingerprint density at radius 2 is 0.792 bits per heavy atom. The van der Waals surface area contributed by atoms with Crippen molar-refractivity contribution < 1.29 is 30.1 Å². The molecule has 0 aliphatic carbocycles. The highest BCUT2D eigenvalue weighted by Gasteiger charge is 2.40. The van der Waals surface area contributed by atoms with Crippen LogP contribution in [-0.4, -0.2) is 22.1 Å². The minimum atomic E-state index is -1.21. The highest BCUT2D eigenvalue weighted by molar-refractivity contribution is 4.70. The lowest BCUT2D eigenvalue weighted by atomic mass is 10.0. The van der Waals surface area contributed by atoms with Gasteiger partial charge in [0, 0.05) is 25.7 Å². The standard InChI is InChI=1S/C18H38O6/c1-5-9-13-17(21-19,14-10-6-2)23-24-18(22-20,15-11-7-3)16-12-8-4/h19-20H,5-16H2,1-4H3. The van der Waals surface area contributed by atoms with Crippen molar-refractivity contribution in [2.75, 3.05) is 0 Å². The van der Waals surface area contributed by atoms with Gasteiger partial charge in [-0.3, -0.25) is 0 Å². The second-order valence-corrected chi connectivity index (χ2v) is 6.58. The molecule has 6 nitrogen and oxygen atoms in total. The van der Waals surface area contributed by atoms with Crippen LogP contribution in [0.5, 0.6) is 0 Å². The fourth-order valence-corrected chi connectivity index (χ4v) is 2.57. The number of unbranched alkanes of at least 4 members (excludes halogenated alkanes) is 4. The molecule has 0 heterocycles. The van der Waals surface area contributed by atoms with Crippen LogP contribution in [0.15, 0.2) is 0 Å². The molecule has 0 fully saturated rings. The molecule has 0 saturated heterocycles. The number of hydrogen-bond acceptors (Lipinski definition) is 6. The van der Waals surface area contributed by atoms with E-state index in [2.05, 4.69) is 27.7 Å². The maximum absolute atomic E-state index is 9.44. The fraction of sp³-hybridized carbons (Fsp3) is 1.00. The van der Waals surface area contributed by atoms with Crippen molar-refractivity contribution in [3.63, 3.8) is 0 Å². The molecule has 0 atom stereocenters. The molecular formula is C18H38O6. The van der Waals surface area contributed by atoms with Crippen molar-refractivity contribution in [1.29, 1.82) is 0 Å². The van der Waals surface area contributed by atoms with Gasteiger partial charge in [0.05, 0.1) is 0 Å². The van der Waals surface area contributed by atoms with E-state index in [0.29, 0.717) is 25.7 Å². The minimum absolute atomic E-state index is 0.517. The molecule has 0 rings (SSSR count). The van der Waals surface area contributed by atoms with Crippen LogP contribution in [0.25, 0.3) is 0 Å². The predicted octanol–water partition coefficient (Wildman–Crippen LogP) is 6.07. The van der Waals surface area contributed by atoms with Crippen molar-refractivity contribution in [3.8, 4) is 0 Å². The first-order chi connectivity index (χ1) is 11.6. The zero-order valence-electron chi connectivity index (χ0n) is 16.0. The maximum atomic E-state index is 9.44. The van der Waals surface area contributed by atoms with E-state index in [9.17, 15) is 10.5 Å². The van der Waals surface area contributed by atoms with Gasteiger partial charge in [-0.1, -0.05) is 53.4 Å². The van der Waals surface area contributed by atoms with E-state index in [4.69, 9.17) is 19.6 Å². The van der Waals surface area contributed by atoms with E-state index >= 15 is 0 Å². The van der Waals surface area contributed by atoms with Gasteiger partial charge < -0.3 is 0 Å². The first kappa shape index (κ1) is 23.8. The van der Waals surface area contributed by atoms with Gasteiger partial charge in [0.2, 0.25) is 11.6 Å². The molecule has 0 aliphatic heterocycles. The highest BCUT2D eigenvalue weighted by Crippen LogP contribution is 2.33. The molecule has 0 aromatic heterocycles. The molecule has 0 aliphatic rings. The summed E-state index contributed by atoms with van der Waals surface area (Å²) in [5.74, 6) is -2.43. The fourth-order valence-electron chi connectivity index (χ4n) is 2.57. The van der Waals surface area contributed by atoms with Crippen molar-refractivity contribution in [1.82, 2.24) is 0 Å². The topological polar surface area (TPSA) is 77.4 Å². The number of hydrogen-bond donors (Lipinski definition) is 2. The summed E-state index contributed by atoms with van der Waals surface area (Å²) < 4.78 is 0. The van der Waals surface area contributed by atoms with Crippen LogP contribution in [0, 0.1) is 0 Å². The molecule has 0 amide bonds. The van der Waals surface area contributed by atoms with Crippen LogP contribution in [0.4, 0.5) is 0 Å². The Morgan fingerprint density at radius 1 is 0.542 bits per heavy atom. The second-order valence-electron chi connectivity index (χ2n) is 6.58. The molecule has 0 aromatic rings. The monoisotopic (exact) mass is 350 g/mol. The van der Waals surface area contributed by atoms with Gasteiger partial charge in [-0.15, -0.1) is 0 Å². The van der Waals surface area contributed by atoms with Gasteiger partial charge >= 0.3 is 0 Å². The zero-order valence-corrected chi connectivity index (χ0v) is 16.0. The van der Waals surface area contributed by atoms with Crippen molar-refractivity contribution in [2.45, 2.75) is 116 Å². The minimum Gasteiger partial charge on any atom is -0.249 e. The van der Waals surface area contributed by atoms with Crippen LogP contribution in [0.3, 0.4) is 0 Å². The first-order valence-electron chi connectivity index (χ1n) is 9.59. The molecule has 0 saturated carbocycles. The molecule has 0 bridgehead atoms. The van der Waals surface area contributed by atoms with Gasteiger partial charge in [-0.25, -0.2) is 20.3 Å². The summed E-state index contributed by atoms with van der Waals surface area (Å²) >= 11 is 0. The van der Waals surface area contributed by atoms with Crippen molar-refractivity contribution in [3.05, 3.63) is 0 Å². The summed E-state index contributed by atoms with van der Waals surface area (Å²) in [5, 5.41) is 18.9. The smallest absolute Gasteiger partial charge is 0.233 e. The molecule has 6 heteroatoms. The third-order valence-corrected chi connectivity index (χ3v) is 4.32. The van der Waals surface area contributed by atoms with Crippen LogP contribution in [0.2, 0.25) is 0 Å². The summed E-state index contributed by atoms with van der Waals surface area (Å²) in [6, 6.07) is 0. The Balaban J connectivity index is 5.02. The van der Waals surface area contributed by atoms with E-state index in [1.165, 1.54) is 0 Å². The summed E-state index contributed by atoms with van der Waals surface area (Å²) in [6.45, 7) is 8.25. The quantitative estimate of drug-likeness (QED) is 0.188. The zero-order chi connectivity index (χ0) is 18.3. The van der Waals surface area contributed by atoms with E-state index < -0.39 is 11.6 Å². The van der Waals surface area contributed by atoms with Crippen LogP contribution >= 0.6 is 0 Å². The lowest BCUT2D eigenvalue weighted by molar-refractivity contribution is -0.575. The highest BCUT2D eigenvalue weighted by atomic mass is 17.3. The van der Waals surface area contributed by atoms with Crippen LogP contribution in [-0.2, 0) is 19.6 Å². The van der Waals surface area contributed by atoms with Crippen LogP contribution < -0.4 is 0 Å². The predicted molar refractivity (Wildman–Crippen MR) is 93.2 cm³/mol. The van der Waals surface area contributed by atoms with Gasteiger partial charge in [0.25, 0.3) is 0 Å². The Morgan fingerprint density at radius 3 is 0.958 bits per heavy atom. The second kappa shape index (κ2) is 14.0. The third kappa shape index (κ3) is 8.74. The Kier molecular flexibility index (Phi) is 13.8. The molecular weight excluding hydrogens is 312 g/mol. The van der Waals surface area contributed by atoms with E-state index in [1.807, 2.05) is 0 Å². The average molecular weight is 350 g/mol. The van der Waals surface area contributed by atoms with E-state index in [-0.39, 0.29) is 0 Å². The Hall–Kier alpha value is -0.240. The lowest BCUT2D eigenvalue weighted by Crippen LogP contribution is -2.42. The van der Waals surface area contributed by atoms with E-state index in [0.717, 1.165) is 51.4 Å². The summed E-state index contributed by atoms with van der Waals surface area (Å²) in [7, 11) is 0. The van der Waals surface area contributed by atoms with Crippen molar-refractivity contribution >= 4 is 0 Å². The normalized spacial score (nSPS) is 12.8.